The van der Waals surface area contributed by atoms with E-state index in [-0.39, 0.29) is 12.2 Å². The van der Waals surface area contributed by atoms with E-state index in [4.69, 9.17) is 14.2 Å². The summed E-state index contributed by atoms with van der Waals surface area (Å²) in [5, 5.41) is 0. The molecular formula is C22H30O3. The minimum atomic E-state index is -0.0973. The summed E-state index contributed by atoms with van der Waals surface area (Å²) in [6, 6.07) is 13.0. The van der Waals surface area contributed by atoms with Crippen LogP contribution in [0.2, 0.25) is 0 Å². The zero-order valence-electron chi connectivity index (χ0n) is 16.3. The van der Waals surface area contributed by atoms with Gasteiger partial charge in [0.05, 0.1) is 7.11 Å². The minimum Gasteiger partial charge on any atom is -0.496 e. The number of benzene rings is 2. The van der Waals surface area contributed by atoms with Crippen LogP contribution in [0.4, 0.5) is 0 Å². The fourth-order valence-corrected chi connectivity index (χ4v) is 3.12. The molecule has 0 N–H and O–H groups in total. The highest BCUT2D eigenvalue weighted by molar-refractivity contribution is 5.47. The van der Waals surface area contributed by atoms with Gasteiger partial charge in [-0.25, -0.2) is 0 Å². The molecule has 0 spiro atoms. The van der Waals surface area contributed by atoms with Gasteiger partial charge in [0.25, 0.3) is 0 Å². The topological polar surface area (TPSA) is 27.7 Å². The number of rotatable bonds is 8. The molecule has 0 bridgehead atoms. The van der Waals surface area contributed by atoms with Crippen LogP contribution < -0.4 is 9.47 Å². The highest BCUT2D eigenvalue weighted by Crippen LogP contribution is 2.36. The van der Waals surface area contributed by atoms with Crippen LogP contribution in [0, 0.1) is 0 Å². The van der Waals surface area contributed by atoms with Crippen molar-refractivity contribution in [2.24, 2.45) is 0 Å². The van der Waals surface area contributed by atoms with Crippen LogP contribution in [0.1, 0.15) is 49.9 Å². The molecule has 0 aromatic heterocycles. The Labute approximate surface area is 151 Å². The molecule has 25 heavy (non-hydrogen) atoms. The van der Waals surface area contributed by atoms with Gasteiger partial charge in [-0.2, -0.15) is 0 Å². The van der Waals surface area contributed by atoms with Crippen LogP contribution >= 0.6 is 0 Å². The molecule has 0 heterocycles. The fourth-order valence-electron chi connectivity index (χ4n) is 3.12. The Hall–Kier alpha value is -2.00. The van der Waals surface area contributed by atoms with E-state index in [1.54, 1.807) is 14.2 Å². The van der Waals surface area contributed by atoms with E-state index in [0.717, 1.165) is 24.3 Å². The Morgan fingerprint density at radius 2 is 1.32 bits per heavy atom. The van der Waals surface area contributed by atoms with E-state index in [2.05, 4.69) is 64.1 Å². The van der Waals surface area contributed by atoms with Crippen LogP contribution in [0.3, 0.4) is 0 Å². The molecule has 0 fully saturated rings. The molecule has 0 atom stereocenters. The highest BCUT2D eigenvalue weighted by Gasteiger charge is 2.25. The average Bonchev–Trinajstić information content (AvgIpc) is 2.65. The van der Waals surface area contributed by atoms with E-state index in [1.807, 2.05) is 0 Å². The maximum atomic E-state index is 5.68. The van der Waals surface area contributed by atoms with Gasteiger partial charge in [-0.05, 0) is 47.2 Å². The molecule has 0 unspecified atom stereocenters. The molecule has 2 aromatic carbocycles. The number of hydrogen-bond donors (Lipinski definition) is 0. The van der Waals surface area contributed by atoms with Gasteiger partial charge in [-0.3, -0.25) is 0 Å². The molecule has 0 radical (unpaired) electrons. The van der Waals surface area contributed by atoms with Gasteiger partial charge in [0.1, 0.15) is 11.5 Å². The summed E-state index contributed by atoms with van der Waals surface area (Å²) >= 11 is 0. The molecule has 0 aliphatic heterocycles. The third-order valence-corrected chi connectivity index (χ3v) is 4.88. The van der Waals surface area contributed by atoms with Crippen molar-refractivity contribution >= 4 is 0 Å². The van der Waals surface area contributed by atoms with Crippen molar-refractivity contribution < 1.29 is 14.2 Å². The summed E-state index contributed by atoms with van der Waals surface area (Å²) in [5.74, 6) is 1.85. The minimum absolute atomic E-state index is 0.0973. The zero-order chi connectivity index (χ0) is 18.4. The monoisotopic (exact) mass is 342 g/mol. The second-order valence-electron chi connectivity index (χ2n) is 6.73. The lowest BCUT2D eigenvalue weighted by molar-refractivity contribution is 0.0504. The molecule has 2 aromatic rings. The number of methoxy groups -OCH3 is 2. The van der Waals surface area contributed by atoms with Crippen molar-refractivity contribution in [2.75, 3.05) is 21.0 Å². The first kappa shape index (κ1) is 19.3. The quantitative estimate of drug-likeness (QED) is 0.623. The van der Waals surface area contributed by atoms with Gasteiger partial charge in [-0.1, -0.05) is 52.0 Å². The first-order chi connectivity index (χ1) is 12.0. The maximum absolute atomic E-state index is 5.68. The predicted octanol–water partition coefficient (Wildman–Crippen LogP) is 5.13. The van der Waals surface area contributed by atoms with Crippen molar-refractivity contribution in [1.29, 1.82) is 0 Å². The standard InChI is InChI=1S/C22H30O3/c1-7-16-13-18(9-11-20(16)24-6)22(3,4)19-10-12-21(25-15-23-5)17(8-2)14-19/h9-14H,7-8,15H2,1-6H3. The van der Waals surface area contributed by atoms with Gasteiger partial charge in [-0.15, -0.1) is 0 Å². The summed E-state index contributed by atoms with van der Waals surface area (Å²) in [6.07, 6.45) is 1.88. The van der Waals surface area contributed by atoms with E-state index >= 15 is 0 Å². The Balaban J connectivity index is 2.41. The summed E-state index contributed by atoms with van der Waals surface area (Å²) in [7, 11) is 3.36. The zero-order valence-corrected chi connectivity index (χ0v) is 16.3. The van der Waals surface area contributed by atoms with Crippen molar-refractivity contribution in [3.8, 4) is 11.5 Å². The van der Waals surface area contributed by atoms with Crippen LogP contribution in [0.25, 0.3) is 0 Å². The SMILES string of the molecule is CCc1cc(C(C)(C)c2ccc(OCOC)c(CC)c2)ccc1OC. The van der Waals surface area contributed by atoms with Gasteiger partial charge in [0.2, 0.25) is 0 Å². The van der Waals surface area contributed by atoms with Gasteiger partial charge < -0.3 is 14.2 Å². The van der Waals surface area contributed by atoms with Crippen LogP contribution in [-0.4, -0.2) is 21.0 Å². The summed E-state index contributed by atoms with van der Waals surface area (Å²) in [5.41, 5.74) is 4.91. The smallest absolute Gasteiger partial charge is 0.188 e. The molecule has 3 nitrogen and oxygen atoms in total. The Kier molecular flexibility index (Phi) is 6.49. The summed E-state index contributed by atoms with van der Waals surface area (Å²) < 4.78 is 16.2. The second-order valence-corrected chi connectivity index (χ2v) is 6.73. The first-order valence-electron chi connectivity index (χ1n) is 8.90. The van der Waals surface area contributed by atoms with Gasteiger partial charge >= 0.3 is 0 Å². The van der Waals surface area contributed by atoms with Crippen LogP contribution in [-0.2, 0) is 23.0 Å². The van der Waals surface area contributed by atoms with Crippen molar-refractivity contribution in [3.05, 3.63) is 58.7 Å². The van der Waals surface area contributed by atoms with Crippen LogP contribution in [0.5, 0.6) is 11.5 Å². The third kappa shape index (κ3) is 4.16. The number of hydrogen-bond acceptors (Lipinski definition) is 3. The van der Waals surface area contributed by atoms with E-state index in [9.17, 15) is 0 Å². The molecule has 0 aliphatic rings. The predicted molar refractivity (Wildman–Crippen MR) is 103 cm³/mol. The molecular weight excluding hydrogens is 312 g/mol. The number of ether oxygens (including phenoxy) is 3. The molecule has 2 rings (SSSR count). The molecule has 0 aliphatic carbocycles. The largest absolute Gasteiger partial charge is 0.496 e. The molecule has 0 saturated heterocycles. The van der Waals surface area contributed by atoms with Crippen molar-refractivity contribution in [1.82, 2.24) is 0 Å². The van der Waals surface area contributed by atoms with E-state index in [0.29, 0.717) is 0 Å². The third-order valence-electron chi connectivity index (χ3n) is 4.88. The van der Waals surface area contributed by atoms with Gasteiger partial charge in [0, 0.05) is 12.5 Å². The maximum Gasteiger partial charge on any atom is 0.188 e. The molecule has 3 heteroatoms. The summed E-state index contributed by atoms with van der Waals surface area (Å²) in [4.78, 5) is 0. The second kappa shape index (κ2) is 8.39. The molecule has 0 amide bonds. The Morgan fingerprint density at radius 1 is 0.800 bits per heavy atom. The lowest BCUT2D eigenvalue weighted by atomic mass is 9.77. The average molecular weight is 342 g/mol. The summed E-state index contributed by atoms with van der Waals surface area (Å²) in [6.45, 7) is 9.10. The first-order valence-corrected chi connectivity index (χ1v) is 8.90. The van der Waals surface area contributed by atoms with E-state index < -0.39 is 0 Å². The van der Waals surface area contributed by atoms with E-state index in [1.165, 1.54) is 22.3 Å². The number of aryl methyl sites for hydroxylation is 2. The highest BCUT2D eigenvalue weighted by atomic mass is 16.7. The van der Waals surface area contributed by atoms with Crippen LogP contribution in [0.15, 0.2) is 36.4 Å². The fraction of sp³-hybridized carbons (Fsp3) is 0.455. The van der Waals surface area contributed by atoms with Gasteiger partial charge in [0.15, 0.2) is 6.79 Å². The normalized spacial score (nSPS) is 11.4. The van der Waals surface area contributed by atoms with Crippen molar-refractivity contribution in [3.63, 3.8) is 0 Å². The lowest BCUT2D eigenvalue weighted by Crippen LogP contribution is -2.19. The Bertz CT molecular complexity index is 704. The molecule has 136 valence electrons. The Morgan fingerprint density at radius 3 is 1.80 bits per heavy atom. The molecule has 0 saturated carbocycles. The van der Waals surface area contributed by atoms with Crippen molar-refractivity contribution in [2.45, 2.75) is 46.0 Å². The lowest BCUT2D eigenvalue weighted by Gasteiger charge is -2.28.